The number of piperidine rings is 2. The number of likely N-dealkylation sites (tertiary alicyclic amines) is 2. The van der Waals surface area contributed by atoms with Crippen molar-refractivity contribution in [2.24, 2.45) is 33.6 Å². The summed E-state index contributed by atoms with van der Waals surface area (Å²) >= 11 is 0. The lowest BCUT2D eigenvalue weighted by atomic mass is 9.84. The second-order valence-electron chi connectivity index (χ2n) is 35.9. The highest BCUT2D eigenvalue weighted by molar-refractivity contribution is 6.03. The number of aryl methyl sites for hydroxylation is 4. The number of hydrogen-bond donors (Lipinski definition) is 5. The Morgan fingerprint density at radius 3 is 0.934 bits per heavy atom. The SMILES string of the molecule is C[C@@H](Nc1ncnc2c1cc(C(=O)N1C3CCCC1CC3)c(=O)n2C)c1cccc(C(F)F)c1F.C[C@@H](Nc1ncnc2c1cc(C(=O)N1CC(C)(C)C1)c(=O)n2C)c1cccc(C(F)F)c1F.C[C@@H](Nc1ncnc2c1cc(C(=O)N1CC(C)(O)C1)c(=O)n2C)c1cccc(C(F)F)c1F.C[C@@H](Nc1ncnc2c1cc(C(=O)N1CC3CCC1CO3)c(=O)n2C)c1cccc(C(F)F)c1F. The van der Waals surface area contributed by atoms with Crippen molar-refractivity contribution in [3.8, 4) is 0 Å². The Kier molecular flexibility index (Phi) is 27.7. The Morgan fingerprint density at radius 1 is 0.390 bits per heavy atom. The predicted molar refractivity (Wildman–Crippen MR) is 480 cm³/mol. The minimum atomic E-state index is -2.96. The first-order chi connectivity index (χ1) is 64.5. The maximum Gasteiger partial charge on any atom is 0.266 e. The Morgan fingerprint density at radius 2 is 0.669 bits per heavy atom. The summed E-state index contributed by atoms with van der Waals surface area (Å²) in [7, 11) is 6.02. The van der Waals surface area contributed by atoms with E-state index in [0.717, 1.165) is 69.2 Å². The van der Waals surface area contributed by atoms with E-state index in [1.807, 2.05) is 18.7 Å². The number of halogens is 12. The van der Waals surface area contributed by atoms with Gasteiger partial charge in [0.1, 0.15) is 117 Å². The molecule has 15 heterocycles. The fraction of sp³-hybridized carbons (Fsp3) is 0.404. The molecule has 0 saturated carbocycles. The highest BCUT2D eigenvalue weighted by Crippen LogP contribution is 2.41. The molecule has 19 rings (SSSR count). The third-order valence-electron chi connectivity index (χ3n) is 25.6. The topological polar surface area (TPSA) is 350 Å². The first kappa shape index (κ1) is 96.8. The van der Waals surface area contributed by atoms with Gasteiger partial charge in [-0.25, -0.2) is 92.6 Å². The van der Waals surface area contributed by atoms with Gasteiger partial charge in [0, 0.05) is 82.2 Å². The van der Waals surface area contributed by atoms with Crippen molar-refractivity contribution < 1.29 is 81.7 Å². The first-order valence-electron chi connectivity index (χ1n) is 43.8. The Labute approximate surface area is 768 Å². The number of carbonyl (C=O) groups excluding carboxylic acids is 4. The molecule has 12 aromatic rings. The number of morpholine rings is 1. The second-order valence-corrected chi connectivity index (χ2v) is 35.9. The molecule has 30 nitrogen and oxygen atoms in total. The van der Waals surface area contributed by atoms with Crippen LogP contribution in [0, 0.1) is 28.7 Å². The van der Waals surface area contributed by atoms with Gasteiger partial charge < -0.3 is 50.7 Å². The molecule has 0 aliphatic carbocycles. The van der Waals surface area contributed by atoms with Crippen molar-refractivity contribution in [1.82, 2.24) is 77.7 Å². The number of amides is 4. The number of β-amino-alcohol motifs (C(OH)–C–C–N with tert-alkyl or cyclic N) is 1. The zero-order chi connectivity index (χ0) is 97.9. The lowest BCUT2D eigenvalue weighted by Gasteiger charge is -2.45. The van der Waals surface area contributed by atoms with Gasteiger partial charge in [0.15, 0.2) is 0 Å². The van der Waals surface area contributed by atoms with Crippen LogP contribution >= 0.6 is 0 Å². The van der Waals surface area contributed by atoms with Crippen molar-refractivity contribution in [1.29, 1.82) is 0 Å². The van der Waals surface area contributed by atoms with Crippen LogP contribution < -0.4 is 43.5 Å². The number of aromatic nitrogens is 12. The van der Waals surface area contributed by atoms with Gasteiger partial charge in [-0.1, -0.05) is 86.6 Å². The van der Waals surface area contributed by atoms with Crippen LogP contribution in [-0.4, -0.2) is 176 Å². The molecule has 7 aliphatic heterocycles. The molecule has 7 fully saturated rings. The Hall–Kier alpha value is -13.8. The van der Waals surface area contributed by atoms with E-state index in [1.165, 1.54) is 149 Å². The van der Waals surface area contributed by atoms with Gasteiger partial charge in [0.05, 0.1) is 105 Å². The van der Waals surface area contributed by atoms with Gasteiger partial charge in [-0.15, -0.1) is 0 Å². The van der Waals surface area contributed by atoms with E-state index in [2.05, 4.69) is 61.1 Å². The molecule has 4 unspecified atom stereocenters. The lowest BCUT2D eigenvalue weighted by Crippen LogP contribution is -2.62. The summed E-state index contributed by atoms with van der Waals surface area (Å²) in [6.07, 6.45) is -0.314. The highest BCUT2D eigenvalue weighted by Gasteiger charge is 2.45. The summed E-state index contributed by atoms with van der Waals surface area (Å²) in [4.78, 5) is 145. The number of fused-ring (bicyclic) bond motifs is 9. The van der Waals surface area contributed by atoms with Crippen LogP contribution in [0.5, 0.6) is 0 Å². The first-order valence-corrected chi connectivity index (χ1v) is 43.8. The molecule has 42 heteroatoms. The molecule has 4 aromatic carbocycles. The maximum absolute atomic E-state index is 14.7. The lowest BCUT2D eigenvalue weighted by molar-refractivity contribution is -0.0915. The molecule has 4 amide bonds. The molecule has 4 bridgehead atoms. The quantitative estimate of drug-likeness (QED) is 0.0442. The van der Waals surface area contributed by atoms with Crippen LogP contribution in [0.4, 0.5) is 76.0 Å². The summed E-state index contributed by atoms with van der Waals surface area (Å²) in [5.74, 6) is -4.60. The predicted octanol–water partition coefficient (Wildman–Crippen LogP) is 15.2. The van der Waals surface area contributed by atoms with Crippen LogP contribution in [0.25, 0.3) is 44.1 Å². The molecule has 716 valence electrons. The average Bonchev–Trinajstić information content (AvgIpc) is 1.26. The summed E-state index contributed by atoms with van der Waals surface area (Å²) < 4.78 is 174. The van der Waals surface area contributed by atoms with E-state index in [1.54, 1.807) is 44.4 Å². The monoisotopic (exact) mass is 1890 g/mol. The van der Waals surface area contributed by atoms with Crippen molar-refractivity contribution in [3.63, 3.8) is 0 Å². The summed E-state index contributed by atoms with van der Waals surface area (Å²) in [5, 5.41) is 23.5. The third kappa shape index (κ3) is 19.1. The number of aliphatic hydroxyl groups is 1. The van der Waals surface area contributed by atoms with Gasteiger partial charge in [0.2, 0.25) is 0 Å². The van der Waals surface area contributed by atoms with Crippen molar-refractivity contribution in [2.45, 2.75) is 173 Å². The minimum absolute atomic E-state index is 0.000160. The van der Waals surface area contributed by atoms with E-state index in [4.69, 9.17) is 4.74 Å². The molecule has 7 saturated heterocycles. The maximum atomic E-state index is 14.7. The number of ether oxygens (including phenoxy) is 1. The van der Waals surface area contributed by atoms with Gasteiger partial charge >= 0.3 is 0 Å². The van der Waals surface area contributed by atoms with Gasteiger partial charge in [-0.3, -0.25) is 56.6 Å². The van der Waals surface area contributed by atoms with Gasteiger partial charge in [-0.05, 0) is 109 Å². The van der Waals surface area contributed by atoms with Gasteiger partial charge in [0.25, 0.3) is 71.6 Å². The number of pyridine rings is 4. The standard InChI is InChI=1S/C25H26F3N5O2.C24H24F3N5O3.C23H24F3N5O2.C22H22F3N5O3/c1-13(16-7-4-8-17(20(16)26)21(27)28)31-22-18-11-19(24(34)32(2)23(18)30-12-29-22)25(35)33-14-5-3-6-15(33)10-9-14;1-12(15-4-3-5-16(19(15)25)20(26)27)30-21-17-8-18(23(33)31(2)22(17)29-11-28-21)24(34)32-9-14-7-6-13(32)10-35-14;1-12(13-6-5-7-14(17(13)24)18(25)26)29-19-15-8-16(22(33)31-9-23(2,3)10-31)21(32)30(4)20(15)28-11-27-19;1-11(12-5-4-6-13(16(12)23)17(24)25)28-18-14-7-15(21(32)30-8-22(2,33)9-30)20(31)29(3)19(14)27-10-26-18/h4,7-8,11-15,21H,3,5-6,9-10H2,1-2H3,(H,29,30,31);3-5,8,11-14,20H,6-7,9-10H2,1-2H3,(H,28,29,30);5-8,11-12,18H,9-10H2,1-4H3,(H,27,28,29);4-7,10-11,17,33H,8-9H2,1-3H3,(H,26,27,28)/t13-,14?,15?;12-,13?,14?;12-;11-/m1111/s1. The molecule has 7 aliphatic rings. The second kappa shape index (κ2) is 38.9. The molecular formula is C94H96F12N20O10. The summed E-state index contributed by atoms with van der Waals surface area (Å²) in [5.41, 5.74) is -4.58. The molecule has 8 atom stereocenters. The van der Waals surface area contributed by atoms with E-state index in [0.29, 0.717) is 53.4 Å². The molecule has 5 N–H and O–H groups in total. The average molecular weight is 1890 g/mol. The number of carbonyl (C=O) groups is 4. The summed E-state index contributed by atoms with van der Waals surface area (Å²) in [6, 6.07) is 18.3. The fourth-order valence-corrected chi connectivity index (χ4v) is 18.5. The van der Waals surface area contributed by atoms with E-state index in [-0.39, 0.29) is 145 Å². The number of nitrogens with zero attached hydrogens (tertiary/aromatic N) is 16. The van der Waals surface area contributed by atoms with E-state index < -0.39 is 129 Å². The fourth-order valence-electron chi connectivity index (χ4n) is 18.5. The van der Waals surface area contributed by atoms with Crippen molar-refractivity contribution in [3.05, 3.63) is 254 Å². The van der Waals surface area contributed by atoms with E-state index >= 15 is 0 Å². The van der Waals surface area contributed by atoms with Crippen LogP contribution in [0.2, 0.25) is 0 Å². The molecule has 136 heavy (non-hydrogen) atoms. The van der Waals surface area contributed by atoms with Crippen molar-refractivity contribution >= 4 is 91.0 Å². The normalized spacial score (nSPS) is 18.3. The third-order valence-corrected chi connectivity index (χ3v) is 25.6. The zero-order valence-corrected chi connectivity index (χ0v) is 75.5. The Balaban J connectivity index is 0.000000138. The number of hydrogen-bond acceptors (Lipinski definition) is 22. The molecule has 0 radical (unpaired) electrons. The van der Waals surface area contributed by atoms with Crippen molar-refractivity contribution in [2.75, 3.05) is 60.6 Å². The number of nitrogens with one attached hydrogen (secondary N) is 4. The number of benzene rings is 4. The molecule has 0 spiro atoms. The zero-order valence-electron chi connectivity index (χ0n) is 75.5. The van der Waals surface area contributed by atoms with Gasteiger partial charge in [-0.2, -0.15) is 0 Å². The molecule has 8 aromatic heterocycles. The number of alkyl halides is 8. The van der Waals surface area contributed by atoms with Crippen LogP contribution in [0.15, 0.2) is 142 Å². The smallest absolute Gasteiger partial charge is 0.266 e. The highest BCUT2D eigenvalue weighted by atomic mass is 19.3. The Bertz CT molecular complexity index is 6720. The number of rotatable bonds is 20. The molecular weight excluding hydrogens is 1800 g/mol. The van der Waals surface area contributed by atoms with Crippen LogP contribution in [0.3, 0.4) is 0 Å². The largest absolute Gasteiger partial charge is 0.386 e. The minimum Gasteiger partial charge on any atom is -0.386 e. The summed E-state index contributed by atoms with van der Waals surface area (Å²) in [6.45, 7) is 14.2. The van der Waals surface area contributed by atoms with E-state index in [9.17, 15) is 96.1 Å². The number of anilines is 4. The van der Waals surface area contributed by atoms with Crippen LogP contribution in [0.1, 0.15) is 229 Å². The van der Waals surface area contributed by atoms with Crippen LogP contribution in [-0.2, 0) is 32.9 Å².